The third kappa shape index (κ3) is 6.43. The zero-order valence-corrected chi connectivity index (χ0v) is 22.1. The number of carbonyl (C=O) groups excluding carboxylic acids is 2. The molecule has 0 aliphatic heterocycles. The number of aromatic nitrogens is 1. The van der Waals surface area contributed by atoms with Crippen LogP contribution in [0, 0.1) is 0 Å². The van der Waals surface area contributed by atoms with Gasteiger partial charge in [-0.1, -0.05) is 66.5 Å². The first kappa shape index (κ1) is 26.5. The van der Waals surface area contributed by atoms with Gasteiger partial charge in [0.15, 0.2) is 9.84 Å². The number of hydrogen-bond acceptors (Lipinski definition) is 5. The number of nitrogens with zero attached hydrogens (tertiary/aromatic N) is 1. The van der Waals surface area contributed by atoms with Crippen LogP contribution in [-0.2, 0) is 21.1 Å². The van der Waals surface area contributed by atoms with Crippen molar-refractivity contribution in [1.82, 2.24) is 4.98 Å². The molecule has 0 fully saturated rings. The Bertz CT molecular complexity index is 1590. The third-order valence-electron chi connectivity index (χ3n) is 5.63. The molecular weight excluding hydrogens is 531 g/mol. The molecule has 9 heteroatoms. The molecule has 0 saturated heterocycles. The quantitative estimate of drug-likeness (QED) is 0.260. The van der Waals surface area contributed by atoms with Gasteiger partial charge in [-0.25, -0.2) is 13.4 Å². The summed E-state index contributed by atoms with van der Waals surface area (Å²) in [4.78, 5) is 30.8. The zero-order chi connectivity index (χ0) is 26.6. The molecule has 0 radical (unpaired) electrons. The van der Waals surface area contributed by atoms with Crippen molar-refractivity contribution in [3.8, 4) is 11.1 Å². The van der Waals surface area contributed by atoms with Gasteiger partial charge in [0, 0.05) is 21.2 Å². The highest BCUT2D eigenvalue weighted by Crippen LogP contribution is 2.29. The summed E-state index contributed by atoms with van der Waals surface area (Å²) in [6, 6.07) is 23.1. The topological polar surface area (TPSA) is 93.2 Å². The van der Waals surface area contributed by atoms with E-state index in [9.17, 15) is 18.0 Å². The molecule has 0 atom stereocenters. The number of sulfone groups is 1. The van der Waals surface area contributed by atoms with Gasteiger partial charge in [0.05, 0.1) is 17.1 Å². The maximum absolute atomic E-state index is 13.4. The first-order chi connectivity index (χ1) is 17.7. The maximum Gasteiger partial charge on any atom is 0.229 e. The van der Waals surface area contributed by atoms with E-state index in [-0.39, 0.29) is 40.3 Å². The van der Waals surface area contributed by atoms with Gasteiger partial charge in [-0.2, -0.15) is 0 Å². The maximum atomic E-state index is 13.4. The van der Waals surface area contributed by atoms with E-state index < -0.39 is 9.84 Å². The molecule has 1 heterocycles. The number of benzene rings is 3. The van der Waals surface area contributed by atoms with Gasteiger partial charge in [-0.3, -0.25) is 9.59 Å². The van der Waals surface area contributed by atoms with Gasteiger partial charge in [0.1, 0.15) is 11.5 Å². The van der Waals surface area contributed by atoms with E-state index in [0.29, 0.717) is 32.3 Å². The molecule has 0 aliphatic carbocycles. The van der Waals surface area contributed by atoms with Gasteiger partial charge >= 0.3 is 0 Å². The second kappa shape index (κ2) is 11.3. The number of pyridine rings is 1. The van der Waals surface area contributed by atoms with Crippen molar-refractivity contribution in [2.24, 2.45) is 0 Å². The third-order valence-corrected chi connectivity index (χ3v) is 7.85. The van der Waals surface area contributed by atoms with Crippen LogP contribution in [0.5, 0.6) is 0 Å². The highest BCUT2D eigenvalue weighted by molar-refractivity contribution is 7.91. The average molecular weight is 553 g/mol. The predicted molar refractivity (Wildman–Crippen MR) is 146 cm³/mol. The van der Waals surface area contributed by atoms with Crippen LogP contribution in [0.3, 0.4) is 0 Å². The molecule has 4 rings (SSSR count). The number of carbonyl (C=O) groups is 2. The minimum absolute atomic E-state index is 0.0000750. The van der Waals surface area contributed by atoms with Crippen LogP contribution >= 0.6 is 23.2 Å². The first-order valence-corrected chi connectivity index (χ1v) is 13.8. The van der Waals surface area contributed by atoms with Crippen LogP contribution in [0.25, 0.3) is 11.1 Å². The number of rotatable bonds is 8. The summed E-state index contributed by atoms with van der Waals surface area (Å²) < 4.78 is 24.0. The lowest BCUT2D eigenvalue weighted by atomic mass is 9.98. The highest BCUT2D eigenvalue weighted by Gasteiger charge is 2.19. The van der Waals surface area contributed by atoms with E-state index in [1.807, 2.05) is 6.07 Å². The molecule has 0 spiro atoms. The molecule has 1 aromatic heterocycles. The SMILES string of the molecule is CCS(=O)(=O)c1ccc(CC(=O)Nc2ccc(-c3cccc(Cl)c3)c(C(=O)c3cccc(Cl)c3)n2)cc1. The van der Waals surface area contributed by atoms with Gasteiger partial charge < -0.3 is 5.32 Å². The van der Waals surface area contributed by atoms with Crippen LogP contribution in [-0.4, -0.2) is 30.8 Å². The highest BCUT2D eigenvalue weighted by atomic mass is 35.5. The zero-order valence-electron chi connectivity index (χ0n) is 19.7. The Morgan fingerprint density at radius 3 is 2.19 bits per heavy atom. The standard InChI is InChI=1S/C28H22Cl2N2O4S/c1-2-37(35,36)23-11-9-18(10-12-23)15-26(33)31-25-14-13-24(19-5-3-7-21(29)16-19)27(32-25)28(34)20-6-4-8-22(30)17-20/h3-14,16-17H,2,15H2,1H3,(H,31,32,33). The second-order valence-electron chi connectivity index (χ2n) is 8.21. The Morgan fingerprint density at radius 1 is 0.865 bits per heavy atom. The number of anilines is 1. The predicted octanol–water partition coefficient (Wildman–Crippen LogP) is 6.26. The summed E-state index contributed by atoms with van der Waals surface area (Å²) in [5, 5.41) is 3.64. The lowest BCUT2D eigenvalue weighted by Crippen LogP contribution is -2.17. The summed E-state index contributed by atoms with van der Waals surface area (Å²) >= 11 is 12.3. The average Bonchev–Trinajstić information content (AvgIpc) is 2.88. The van der Waals surface area contributed by atoms with E-state index in [0.717, 1.165) is 0 Å². The van der Waals surface area contributed by atoms with Crippen molar-refractivity contribution in [3.63, 3.8) is 0 Å². The summed E-state index contributed by atoms with van der Waals surface area (Å²) in [5.41, 5.74) is 2.38. The fourth-order valence-corrected chi connectivity index (χ4v) is 4.98. The largest absolute Gasteiger partial charge is 0.310 e. The van der Waals surface area contributed by atoms with Crippen LogP contribution in [0.15, 0.2) is 89.8 Å². The van der Waals surface area contributed by atoms with Crippen molar-refractivity contribution in [2.75, 3.05) is 11.1 Å². The molecule has 3 aromatic carbocycles. The molecule has 6 nitrogen and oxygen atoms in total. The van der Waals surface area contributed by atoms with E-state index in [1.165, 1.54) is 12.1 Å². The molecule has 1 N–H and O–H groups in total. The monoisotopic (exact) mass is 552 g/mol. The molecule has 0 bridgehead atoms. The summed E-state index contributed by atoms with van der Waals surface area (Å²) in [7, 11) is -3.32. The summed E-state index contributed by atoms with van der Waals surface area (Å²) in [6.07, 6.45) is 0.00174. The molecular formula is C28H22Cl2N2O4S. The summed E-state index contributed by atoms with van der Waals surface area (Å²) in [5.74, 6) is -0.525. The Labute approximate surface area is 225 Å². The molecule has 0 saturated carbocycles. The van der Waals surface area contributed by atoms with Crippen LogP contribution in [0.4, 0.5) is 5.82 Å². The van der Waals surface area contributed by atoms with Crippen LogP contribution < -0.4 is 5.32 Å². The van der Waals surface area contributed by atoms with Crippen molar-refractivity contribution in [2.45, 2.75) is 18.2 Å². The first-order valence-electron chi connectivity index (χ1n) is 11.3. The lowest BCUT2D eigenvalue weighted by Gasteiger charge is -2.12. The Kier molecular flexibility index (Phi) is 8.07. The Hall–Kier alpha value is -3.52. The second-order valence-corrected chi connectivity index (χ2v) is 11.4. The Morgan fingerprint density at radius 2 is 1.54 bits per heavy atom. The molecule has 188 valence electrons. The smallest absolute Gasteiger partial charge is 0.229 e. The van der Waals surface area contributed by atoms with Crippen LogP contribution in [0.1, 0.15) is 28.5 Å². The van der Waals surface area contributed by atoms with Gasteiger partial charge in [-0.15, -0.1) is 0 Å². The normalized spacial score (nSPS) is 11.2. The van der Waals surface area contributed by atoms with Gasteiger partial charge in [-0.05, 0) is 59.7 Å². The van der Waals surface area contributed by atoms with E-state index in [2.05, 4.69) is 10.3 Å². The fourth-order valence-electron chi connectivity index (χ4n) is 3.71. The fraction of sp³-hybridized carbons (Fsp3) is 0.107. The van der Waals surface area contributed by atoms with Crippen LogP contribution in [0.2, 0.25) is 10.0 Å². The van der Waals surface area contributed by atoms with Gasteiger partial charge in [0.25, 0.3) is 0 Å². The molecule has 0 unspecified atom stereocenters. The minimum Gasteiger partial charge on any atom is -0.310 e. The molecule has 4 aromatic rings. The molecule has 1 amide bonds. The van der Waals surface area contributed by atoms with Gasteiger partial charge in [0.2, 0.25) is 11.7 Å². The number of nitrogens with one attached hydrogen (secondary N) is 1. The number of hydrogen-bond donors (Lipinski definition) is 1. The summed E-state index contributed by atoms with van der Waals surface area (Å²) in [6.45, 7) is 1.58. The van der Waals surface area contributed by atoms with Crippen molar-refractivity contribution >= 4 is 50.5 Å². The van der Waals surface area contributed by atoms with Crippen molar-refractivity contribution in [1.29, 1.82) is 0 Å². The molecule has 0 aliphatic rings. The van der Waals surface area contributed by atoms with E-state index in [1.54, 1.807) is 73.7 Å². The Balaban J connectivity index is 1.62. The molecule has 37 heavy (non-hydrogen) atoms. The van der Waals surface area contributed by atoms with Crippen molar-refractivity contribution in [3.05, 3.63) is 112 Å². The number of amides is 1. The number of halogens is 2. The van der Waals surface area contributed by atoms with E-state index >= 15 is 0 Å². The minimum atomic E-state index is -3.32. The number of ketones is 1. The van der Waals surface area contributed by atoms with Crippen molar-refractivity contribution < 1.29 is 18.0 Å². The lowest BCUT2D eigenvalue weighted by molar-refractivity contribution is -0.115. The van der Waals surface area contributed by atoms with E-state index in [4.69, 9.17) is 23.2 Å².